The first-order valence-electron chi connectivity index (χ1n) is 4.56. The Morgan fingerprint density at radius 1 is 1.18 bits per heavy atom. The van der Waals surface area contributed by atoms with Gasteiger partial charge < -0.3 is 0 Å². The van der Waals surface area contributed by atoms with E-state index in [-0.39, 0.29) is 0 Å². The van der Waals surface area contributed by atoms with E-state index >= 15 is 0 Å². The molecule has 64 valence electrons. The minimum atomic E-state index is 0.979. The van der Waals surface area contributed by atoms with E-state index in [4.69, 9.17) is 0 Å². The number of hydrogen-bond donors (Lipinski definition) is 0. The predicted molar refractivity (Wildman–Crippen MR) is 52.3 cm³/mol. The molecule has 0 fully saturated rings. The van der Waals surface area contributed by atoms with Crippen LogP contribution in [-0.4, -0.2) is 12.8 Å². The molecule has 0 N–H and O–H groups in total. The second kappa shape index (κ2) is 9.41. The van der Waals surface area contributed by atoms with Crippen molar-refractivity contribution in [2.24, 2.45) is 4.99 Å². The Balaban J connectivity index is 3.14. The van der Waals surface area contributed by atoms with Crippen LogP contribution in [0.15, 0.2) is 17.1 Å². The maximum Gasteiger partial charge on any atom is 0.0389 e. The van der Waals surface area contributed by atoms with Gasteiger partial charge in [0.2, 0.25) is 0 Å². The number of allylic oxidation sites excluding steroid dienone is 2. The van der Waals surface area contributed by atoms with Crippen LogP contribution in [0.1, 0.15) is 39.5 Å². The van der Waals surface area contributed by atoms with Gasteiger partial charge in [0.25, 0.3) is 0 Å². The minimum absolute atomic E-state index is 0.979. The SMILES string of the molecule is CCCC=CC=NCCCC. The maximum absolute atomic E-state index is 4.22. The lowest BCUT2D eigenvalue weighted by atomic mass is 10.3. The van der Waals surface area contributed by atoms with Gasteiger partial charge in [-0.15, -0.1) is 0 Å². The quantitative estimate of drug-likeness (QED) is 0.410. The van der Waals surface area contributed by atoms with Crippen molar-refractivity contribution in [3.8, 4) is 0 Å². The summed E-state index contributed by atoms with van der Waals surface area (Å²) >= 11 is 0. The molecule has 0 heterocycles. The summed E-state index contributed by atoms with van der Waals surface area (Å²) in [5.74, 6) is 0. The zero-order valence-corrected chi connectivity index (χ0v) is 7.71. The second-order valence-corrected chi connectivity index (χ2v) is 2.63. The third-order valence-electron chi connectivity index (χ3n) is 1.42. The van der Waals surface area contributed by atoms with Crippen molar-refractivity contribution in [2.45, 2.75) is 39.5 Å². The molecule has 0 aliphatic heterocycles. The van der Waals surface area contributed by atoms with Crippen molar-refractivity contribution in [3.63, 3.8) is 0 Å². The number of aliphatic imine (C=N–C) groups is 1. The van der Waals surface area contributed by atoms with Crippen molar-refractivity contribution >= 4 is 6.21 Å². The summed E-state index contributed by atoms with van der Waals surface area (Å²) in [4.78, 5) is 4.22. The van der Waals surface area contributed by atoms with E-state index in [1.807, 2.05) is 12.3 Å². The van der Waals surface area contributed by atoms with Gasteiger partial charge in [0.05, 0.1) is 0 Å². The van der Waals surface area contributed by atoms with Gasteiger partial charge in [0.1, 0.15) is 0 Å². The van der Waals surface area contributed by atoms with Gasteiger partial charge >= 0.3 is 0 Å². The van der Waals surface area contributed by atoms with Crippen LogP contribution in [0.5, 0.6) is 0 Å². The minimum Gasteiger partial charge on any atom is -0.293 e. The Hall–Kier alpha value is -0.590. The molecule has 0 saturated heterocycles. The lowest BCUT2D eigenvalue weighted by molar-refractivity contribution is 0.810. The Morgan fingerprint density at radius 2 is 2.00 bits per heavy atom. The van der Waals surface area contributed by atoms with Gasteiger partial charge in [0, 0.05) is 12.8 Å². The highest BCUT2D eigenvalue weighted by Crippen LogP contribution is 1.88. The summed E-state index contributed by atoms with van der Waals surface area (Å²) in [6, 6.07) is 0. The molecule has 0 aliphatic rings. The van der Waals surface area contributed by atoms with E-state index in [2.05, 4.69) is 24.9 Å². The summed E-state index contributed by atoms with van der Waals surface area (Å²) < 4.78 is 0. The molecular formula is C10H19N. The molecule has 0 aromatic heterocycles. The van der Waals surface area contributed by atoms with E-state index in [1.165, 1.54) is 25.7 Å². The summed E-state index contributed by atoms with van der Waals surface area (Å²) in [5, 5.41) is 0. The van der Waals surface area contributed by atoms with E-state index in [0.717, 1.165) is 6.54 Å². The molecular weight excluding hydrogens is 134 g/mol. The fraction of sp³-hybridized carbons (Fsp3) is 0.700. The van der Waals surface area contributed by atoms with Gasteiger partial charge in [-0.2, -0.15) is 0 Å². The topological polar surface area (TPSA) is 12.4 Å². The molecule has 0 unspecified atom stereocenters. The van der Waals surface area contributed by atoms with E-state index in [0.29, 0.717) is 0 Å². The molecule has 1 nitrogen and oxygen atoms in total. The van der Waals surface area contributed by atoms with Crippen LogP contribution in [-0.2, 0) is 0 Å². The monoisotopic (exact) mass is 153 g/mol. The molecule has 0 aromatic rings. The summed E-state index contributed by atoms with van der Waals surface area (Å²) in [7, 11) is 0. The van der Waals surface area contributed by atoms with Gasteiger partial charge in [-0.3, -0.25) is 4.99 Å². The Labute approximate surface area is 70.2 Å². The molecule has 0 atom stereocenters. The van der Waals surface area contributed by atoms with Crippen LogP contribution in [0.3, 0.4) is 0 Å². The predicted octanol–water partition coefficient (Wildman–Crippen LogP) is 3.21. The Kier molecular flexibility index (Phi) is 8.91. The van der Waals surface area contributed by atoms with E-state index in [9.17, 15) is 0 Å². The molecule has 1 heteroatoms. The van der Waals surface area contributed by atoms with Crippen molar-refractivity contribution in [3.05, 3.63) is 12.2 Å². The fourth-order valence-electron chi connectivity index (χ4n) is 0.709. The van der Waals surface area contributed by atoms with Crippen LogP contribution in [0, 0.1) is 0 Å². The normalized spacial score (nSPS) is 11.8. The maximum atomic E-state index is 4.22. The zero-order chi connectivity index (χ0) is 8.36. The van der Waals surface area contributed by atoms with Gasteiger partial charge in [-0.1, -0.05) is 32.8 Å². The first-order valence-corrected chi connectivity index (χ1v) is 4.56. The molecule has 0 saturated carbocycles. The zero-order valence-electron chi connectivity index (χ0n) is 7.71. The Morgan fingerprint density at radius 3 is 2.64 bits per heavy atom. The molecule has 11 heavy (non-hydrogen) atoms. The van der Waals surface area contributed by atoms with Gasteiger partial charge in [-0.05, 0) is 18.9 Å². The number of rotatable bonds is 6. The lowest BCUT2D eigenvalue weighted by Gasteiger charge is -1.86. The average Bonchev–Trinajstić information content (AvgIpc) is 2.03. The second-order valence-electron chi connectivity index (χ2n) is 2.63. The van der Waals surface area contributed by atoms with Crippen molar-refractivity contribution in [2.75, 3.05) is 6.54 Å². The smallest absolute Gasteiger partial charge is 0.0389 e. The fourth-order valence-corrected chi connectivity index (χ4v) is 0.709. The third-order valence-corrected chi connectivity index (χ3v) is 1.42. The summed E-state index contributed by atoms with van der Waals surface area (Å²) in [6.45, 7) is 5.34. The number of nitrogens with zero attached hydrogens (tertiary/aromatic N) is 1. The van der Waals surface area contributed by atoms with Crippen LogP contribution in [0.25, 0.3) is 0 Å². The van der Waals surface area contributed by atoms with Crippen LogP contribution < -0.4 is 0 Å². The highest BCUT2D eigenvalue weighted by atomic mass is 14.7. The standard InChI is InChI=1S/C10H19N/c1-3-5-7-8-10-11-9-6-4-2/h7-8,10H,3-6,9H2,1-2H3. The molecule has 0 aromatic carbocycles. The van der Waals surface area contributed by atoms with Crippen LogP contribution in [0.4, 0.5) is 0 Å². The third kappa shape index (κ3) is 9.41. The molecule has 0 radical (unpaired) electrons. The summed E-state index contributed by atoms with van der Waals surface area (Å²) in [5.41, 5.74) is 0. The van der Waals surface area contributed by atoms with E-state index < -0.39 is 0 Å². The van der Waals surface area contributed by atoms with Crippen molar-refractivity contribution < 1.29 is 0 Å². The molecule has 0 aliphatic carbocycles. The van der Waals surface area contributed by atoms with Gasteiger partial charge in [-0.25, -0.2) is 0 Å². The van der Waals surface area contributed by atoms with E-state index in [1.54, 1.807) is 0 Å². The first-order chi connectivity index (χ1) is 5.41. The molecule has 0 rings (SSSR count). The molecule has 0 bridgehead atoms. The van der Waals surface area contributed by atoms with Gasteiger partial charge in [0.15, 0.2) is 0 Å². The molecule has 0 spiro atoms. The average molecular weight is 153 g/mol. The van der Waals surface area contributed by atoms with Crippen molar-refractivity contribution in [1.82, 2.24) is 0 Å². The first kappa shape index (κ1) is 10.4. The highest BCUT2D eigenvalue weighted by molar-refractivity contribution is 5.70. The lowest BCUT2D eigenvalue weighted by Crippen LogP contribution is -1.77. The van der Waals surface area contributed by atoms with Crippen LogP contribution in [0.2, 0.25) is 0 Å². The van der Waals surface area contributed by atoms with Crippen LogP contribution >= 0.6 is 0 Å². The Bertz CT molecular complexity index is 114. The highest BCUT2D eigenvalue weighted by Gasteiger charge is 1.75. The largest absolute Gasteiger partial charge is 0.293 e. The number of unbranched alkanes of at least 4 members (excludes halogenated alkanes) is 2. The van der Waals surface area contributed by atoms with Crippen molar-refractivity contribution in [1.29, 1.82) is 0 Å². The summed E-state index contributed by atoms with van der Waals surface area (Å²) in [6.07, 6.45) is 10.9. The molecule has 0 amide bonds. The number of hydrogen-bond acceptors (Lipinski definition) is 1.